The normalized spacial score (nSPS) is 10.9. The van der Waals surface area contributed by atoms with Gasteiger partial charge in [0.05, 0.1) is 13.2 Å². The van der Waals surface area contributed by atoms with E-state index in [0.717, 1.165) is 62.9 Å². The highest BCUT2D eigenvalue weighted by molar-refractivity contribution is 5.67. The molecule has 4 nitrogen and oxygen atoms in total. The average Bonchev–Trinajstić information content (AvgIpc) is 2.79. The maximum absolute atomic E-state index is 8.87. The largest absolute Gasteiger partial charge is 0.493 e. The zero-order chi connectivity index (χ0) is 21.6. The lowest BCUT2D eigenvalue weighted by Crippen LogP contribution is -2.01. The Morgan fingerprint density at radius 1 is 0.600 bits per heavy atom. The van der Waals surface area contributed by atoms with Gasteiger partial charge >= 0.3 is 0 Å². The fourth-order valence-corrected chi connectivity index (χ4v) is 3.50. The van der Waals surface area contributed by atoms with Gasteiger partial charge in [-0.25, -0.2) is 0 Å². The lowest BCUT2D eigenvalue weighted by molar-refractivity contribution is 0.265. The second kappa shape index (κ2) is 14.1. The van der Waals surface area contributed by atoms with Crippen LogP contribution in [0.25, 0.3) is 11.1 Å². The molecule has 0 aliphatic rings. The molecule has 0 aliphatic heterocycles. The molecule has 0 amide bonds. The van der Waals surface area contributed by atoms with Crippen LogP contribution in [0.2, 0.25) is 0 Å². The van der Waals surface area contributed by atoms with Crippen molar-refractivity contribution >= 4 is 0 Å². The number of rotatable bonds is 15. The van der Waals surface area contributed by atoms with Crippen molar-refractivity contribution in [1.29, 1.82) is 0 Å². The van der Waals surface area contributed by atoms with Crippen molar-refractivity contribution in [2.45, 2.75) is 65.2 Å². The third kappa shape index (κ3) is 7.66. The molecule has 166 valence electrons. The molecule has 4 heteroatoms. The highest BCUT2D eigenvalue weighted by Gasteiger charge is 2.09. The topological polar surface area (TPSA) is 58.9 Å². The van der Waals surface area contributed by atoms with E-state index in [-0.39, 0.29) is 13.2 Å². The van der Waals surface area contributed by atoms with E-state index in [4.69, 9.17) is 19.7 Å². The second-order valence-electron chi connectivity index (χ2n) is 7.62. The number of ether oxygens (including phenoxy) is 2. The third-order valence-electron chi connectivity index (χ3n) is 5.34. The molecule has 2 aromatic carbocycles. The molecule has 0 spiro atoms. The summed E-state index contributed by atoms with van der Waals surface area (Å²) in [5.74, 6) is 1.92. The minimum Gasteiger partial charge on any atom is -0.493 e. The molecule has 0 bridgehead atoms. The van der Waals surface area contributed by atoms with Gasteiger partial charge in [-0.2, -0.15) is 0 Å². The summed E-state index contributed by atoms with van der Waals surface area (Å²) in [5.41, 5.74) is 4.83. The SMILES string of the molecule is CCc1cc(-c2ccc(OCCCCCO)c(CC)c2)ccc1OCCCCCO. The van der Waals surface area contributed by atoms with Gasteiger partial charge in [-0.1, -0.05) is 26.0 Å². The molecule has 0 atom stereocenters. The van der Waals surface area contributed by atoms with Crippen LogP contribution < -0.4 is 9.47 Å². The molecule has 2 aromatic rings. The molecule has 0 heterocycles. The maximum Gasteiger partial charge on any atom is 0.122 e. The summed E-state index contributed by atoms with van der Waals surface area (Å²) in [6.07, 6.45) is 7.44. The van der Waals surface area contributed by atoms with Crippen molar-refractivity contribution < 1.29 is 19.7 Å². The van der Waals surface area contributed by atoms with E-state index >= 15 is 0 Å². The van der Waals surface area contributed by atoms with Crippen LogP contribution in [-0.4, -0.2) is 36.6 Å². The molecular formula is C26H38O4. The Hall–Kier alpha value is -2.04. The predicted molar refractivity (Wildman–Crippen MR) is 123 cm³/mol. The Balaban J connectivity index is 2.05. The van der Waals surface area contributed by atoms with E-state index in [9.17, 15) is 0 Å². The number of aryl methyl sites for hydroxylation is 2. The van der Waals surface area contributed by atoms with Crippen LogP contribution >= 0.6 is 0 Å². The van der Waals surface area contributed by atoms with E-state index in [1.54, 1.807) is 0 Å². The Morgan fingerprint density at radius 2 is 1.03 bits per heavy atom. The minimum atomic E-state index is 0.252. The summed E-state index contributed by atoms with van der Waals surface area (Å²) < 4.78 is 12.0. The first-order valence-corrected chi connectivity index (χ1v) is 11.5. The highest BCUT2D eigenvalue weighted by Crippen LogP contribution is 2.31. The van der Waals surface area contributed by atoms with E-state index in [2.05, 4.69) is 50.2 Å². The second-order valence-corrected chi connectivity index (χ2v) is 7.62. The van der Waals surface area contributed by atoms with Crippen LogP contribution in [0, 0.1) is 0 Å². The number of hydrogen-bond donors (Lipinski definition) is 2. The van der Waals surface area contributed by atoms with E-state index in [0.29, 0.717) is 13.2 Å². The fraction of sp³-hybridized carbons (Fsp3) is 0.538. The molecule has 0 saturated heterocycles. The van der Waals surface area contributed by atoms with Crippen LogP contribution in [0.1, 0.15) is 63.5 Å². The number of aliphatic hydroxyl groups is 2. The first-order valence-electron chi connectivity index (χ1n) is 11.5. The molecule has 2 N–H and O–H groups in total. The zero-order valence-corrected chi connectivity index (χ0v) is 18.7. The minimum absolute atomic E-state index is 0.252. The number of aliphatic hydroxyl groups excluding tert-OH is 2. The number of hydrogen-bond acceptors (Lipinski definition) is 4. The molecule has 30 heavy (non-hydrogen) atoms. The molecule has 2 rings (SSSR count). The van der Waals surface area contributed by atoms with Crippen molar-refractivity contribution in [2.75, 3.05) is 26.4 Å². The predicted octanol–water partition coefficient (Wildman–Crippen LogP) is 5.56. The van der Waals surface area contributed by atoms with Gasteiger partial charge in [0, 0.05) is 13.2 Å². The monoisotopic (exact) mass is 414 g/mol. The lowest BCUT2D eigenvalue weighted by Gasteiger charge is -2.15. The van der Waals surface area contributed by atoms with Gasteiger partial charge in [0.15, 0.2) is 0 Å². The lowest BCUT2D eigenvalue weighted by atomic mass is 9.98. The van der Waals surface area contributed by atoms with Gasteiger partial charge in [-0.3, -0.25) is 0 Å². The summed E-state index contributed by atoms with van der Waals surface area (Å²) >= 11 is 0. The molecule has 0 radical (unpaired) electrons. The van der Waals surface area contributed by atoms with Gasteiger partial charge in [-0.15, -0.1) is 0 Å². The Kier molecular flexibility index (Phi) is 11.3. The average molecular weight is 415 g/mol. The van der Waals surface area contributed by atoms with Gasteiger partial charge in [-0.05, 0) is 97.9 Å². The summed E-state index contributed by atoms with van der Waals surface area (Å²) in [5, 5.41) is 17.7. The quantitative estimate of drug-likeness (QED) is 0.375. The van der Waals surface area contributed by atoms with Gasteiger partial charge < -0.3 is 19.7 Å². The zero-order valence-electron chi connectivity index (χ0n) is 18.7. The Morgan fingerprint density at radius 3 is 1.40 bits per heavy atom. The smallest absolute Gasteiger partial charge is 0.122 e. The van der Waals surface area contributed by atoms with Crippen LogP contribution in [0.4, 0.5) is 0 Å². The molecular weight excluding hydrogens is 376 g/mol. The fourth-order valence-electron chi connectivity index (χ4n) is 3.50. The summed E-state index contributed by atoms with van der Waals surface area (Å²) in [4.78, 5) is 0. The van der Waals surface area contributed by atoms with Gasteiger partial charge in [0.1, 0.15) is 11.5 Å². The van der Waals surface area contributed by atoms with Crippen LogP contribution in [-0.2, 0) is 12.8 Å². The molecule has 0 unspecified atom stereocenters. The number of benzene rings is 2. The molecule has 0 aromatic heterocycles. The number of unbranched alkanes of at least 4 members (excludes halogenated alkanes) is 4. The molecule has 0 saturated carbocycles. The summed E-state index contributed by atoms with van der Waals surface area (Å²) in [6.45, 7) is 6.20. The van der Waals surface area contributed by atoms with Crippen LogP contribution in [0.3, 0.4) is 0 Å². The van der Waals surface area contributed by atoms with Gasteiger partial charge in [0.2, 0.25) is 0 Å². The Bertz CT molecular complexity index is 678. The van der Waals surface area contributed by atoms with Crippen molar-refractivity contribution in [3.8, 4) is 22.6 Å². The summed E-state index contributed by atoms with van der Waals surface area (Å²) in [6, 6.07) is 12.9. The van der Waals surface area contributed by atoms with E-state index in [1.165, 1.54) is 22.3 Å². The third-order valence-corrected chi connectivity index (χ3v) is 5.34. The summed E-state index contributed by atoms with van der Waals surface area (Å²) in [7, 11) is 0. The van der Waals surface area contributed by atoms with Crippen molar-refractivity contribution in [3.63, 3.8) is 0 Å². The Labute approximate surface area is 181 Å². The molecule has 0 aliphatic carbocycles. The van der Waals surface area contributed by atoms with Crippen molar-refractivity contribution in [3.05, 3.63) is 47.5 Å². The maximum atomic E-state index is 8.87. The van der Waals surface area contributed by atoms with Crippen LogP contribution in [0.5, 0.6) is 11.5 Å². The van der Waals surface area contributed by atoms with Gasteiger partial charge in [0.25, 0.3) is 0 Å². The standard InChI is InChI=1S/C26H38O4/c1-3-21-19-23(11-13-25(21)29-17-9-5-7-15-27)24-12-14-26(22(4-2)20-24)30-18-10-6-8-16-28/h11-14,19-20,27-28H,3-10,15-18H2,1-2H3. The van der Waals surface area contributed by atoms with E-state index < -0.39 is 0 Å². The first-order chi connectivity index (χ1) is 14.7. The van der Waals surface area contributed by atoms with Crippen molar-refractivity contribution in [2.24, 2.45) is 0 Å². The highest BCUT2D eigenvalue weighted by atomic mass is 16.5. The van der Waals surface area contributed by atoms with E-state index in [1.807, 2.05) is 0 Å². The molecule has 0 fully saturated rings. The van der Waals surface area contributed by atoms with Crippen molar-refractivity contribution in [1.82, 2.24) is 0 Å². The first kappa shape index (κ1) is 24.2. The van der Waals surface area contributed by atoms with Crippen LogP contribution in [0.15, 0.2) is 36.4 Å².